The van der Waals surface area contributed by atoms with Crippen LogP contribution in [0.25, 0.3) is 10.9 Å². The van der Waals surface area contributed by atoms with E-state index in [1.165, 1.54) is 6.26 Å². The fourth-order valence-electron chi connectivity index (χ4n) is 3.08. The lowest BCUT2D eigenvalue weighted by molar-refractivity contribution is 0.0714. The lowest BCUT2D eigenvalue weighted by Gasteiger charge is -2.34. The molecule has 0 bridgehead atoms. The molecule has 0 radical (unpaired) electrons. The van der Waals surface area contributed by atoms with Crippen LogP contribution in [0, 0.1) is 0 Å². The number of aromatic nitrogens is 2. The normalized spacial score (nSPS) is 19.3. The number of nitrogens with two attached hydrogens (primary N) is 1. The van der Waals surface area contributed by atoms with Crippen LogP contribution in [0.4, 0.5) is 11.8 Å². The van der Waals surface area contributed by atoms with Crippen molar-refractivity contribution in [2.45, 2.75) is 0 Å². The molecule has 1 aliphatic rings. The Morgan fingerprint density at radius 3 is 2.68 bits per heavy atom. The highest BCUT2D eigenvalue weighted by Crippen LogP contribution is 2.34. The van der Waals surface area contributed by atoms with Crippen LogP contribution in [0.5, 0.6) is 11.5 Å². The number of nitrogen functional groups attached to an aromatic ring is 1. The van der Waals surface area contributed by atoms with Crippen molar-refractivity contribution in [2.24, 2.45) is 0 Å². The highest BCUT2D eigenvalue weighted by Gasteiger charge is 2.25. The predicted octanol–water partition coefficient (Wildman–Crippen LogP) is 1.78. The van der Waals surface area contributed by atoms with Crippen LogP contribution in [-0.2, 0) is 0 Å². The second-order valence-corrected chi connectivity index (χ2v) is 6.12. The molecule has 0 atom stereocenters. The fourth-order valence-corrected chi connectivity index (χ4v) is 3.08. The number of rotatable bonds is 5. The SMILES string of the molecule is [2H]N([2H])c1nc(N2CCN(C(=O)c3ccco3)CC2)nc2cc(OC([2H])([2H])[2H])c(OC([2H])([2H])[2H])cc12. The predicted molar refractivity (Wildman–Crippen MR) is 104 cm³/mol. The topological polar surface area (TPSA) is 107 Å². The lowest BCUT2D eigenvalue weighted by atomic mass is 10.2. The molecule has 0 unspecified atom stereocenters. The van der Waals surface area contributed by atoms with Crippen molar-refractivity contribution in [1.29, 1.82) is 0 Å². The Kier molecular flexibility index (Phi) is 2.79. The zero-order valence-corrected chi connectivity index (χ0v) is 14.6. The summed E-state index contributed by atoms with van der Waals surface area (Å²) >= 11 is 0. The molecule has 1 aliphatic heterocycles. The molecule has 4 rings (SSSR count). The first-order chi connectivity index (χ1) is 16.8. The molecule has 1 saturated heterocycles. The number of hydrogen-bond donors (Lipinski definition) is 1. The maximum absolute atomic E-state index is 12.5. The van der Waals surface area contributed by atoms with Gasteiger partial charge in [0.25, 0.3) is 5.91 Å². The van der Waals surface area contributed by atoms with Crippen LogP contribution >= 0.6 is 0 Å². The summed E-state index contributed by atoms with van der Waals surface area (Å²) in [5, 5.41) is 0.0764. The maximum Gasteiger partial charge on any atom is 0.289 e. The number of hydrogen-bond acceptors (Lipinski definition) is 8. The number of piperazine rings is 1. The molecular formula is C19H21N5O4. The number of fused-ring (bicyclic) bond motifs is 1. The van der Waals surface area contributed by atoms with Gasteiger partial charge < -0.3 is 29.4 Å². The molecule has 1 aromatic carbocycles. The summed E-state index contributed by atoms with van der Waals surface area (Å²) in [5.74, 6) is -0.913. The number of amides is 1. The molecule has 0 saturated carbocycles. The van der Waals surface area contributed by atoms with Gasteiger partial charge in [0, 0.05) is 37.6 Å². The van der Waals surface area contributed by atoms with Crippen molar-refractivity contribution in [3.63, 3.8) is 0 Å². The van der Waals surface area contributed by atoms with Gasteiger partial charge in [-0.1, -0.05) is 0 Å². The number of ether oxygens (including phenoxy) is 2. The number of carbonyl (C=O) groups excluding carboxylic acids is 1. The molecule has 0 spiro atoms. The van der Waals surface area contributed by atoms with Crippen molar-refractivity contribution in [3.8, 4) is 11.5 Å². The van der Waals surface area contributed by atoms with E-state index in [-0.39, 0.29) is 40.1 Å². The van der Waals surface area contributed by atoms with E-state index >= 15 is 0 Å². The van der Waals surface area contributed by atoms with Crippen molar-refractivity contribution < 1.29 is 29.7 Å². The minimum atomic E-state index is -2.92. The smallest absolute Gasteiger partial charge is 0.289 e. The van der Waals surface area contributed by atoms with E-state index in [1.807, 2.05) is 0 Å². The van der Waals surface area contributed by atoms with E-state index in [2.05, 4.69) is 9.97 Å². The largest absolute Gasteiger partial charge is 0.493 e. The van der Waals surface area contributed by atoms with Gasteiger partial charge in [0.2, 0.25) is 5.95 Å². The average Bonchev–Trinajstić information content (AvgIpc) is 3.31. The molecule has 146 valence electrons. The summed E-state index contributed by atoms with van der Waals surface area (Å²) in [6.07, 6.45) is 1.42. The number of nitrogens with zero attached hydrogens (tertiary/aromatic N) is 4. The summed E-state index contributed by atoms with van der Waals surface area (Å²) in [6, 6.07) is 5.49. The Bertz CT molecular complexity index is 1240. The van der Waals surface area contributed by atoms with Gasteiger partial charge in [-0.15, -0.1) is 0 Å². The first-order valence-corrected chi connectivity index (χ1v) is 8.40. The van der Waals surface area contributed by atoms with Gasteiger partial charge in [-0.3, -0.25) is 4.79 Å². The number of benzene rings is 1. The Balaban J connectivity index is 1.68. The Morgan fingerprint density at radius 2 is 2.00 bits per heavy atom. The molecule has 3 aromatic rings. The van der Waals surface area contributed by atoms with Gasteiger partial charge in [0.05, 0.1) is 34.1 Å². The standard InChI is InChI=1S/C19H21N5O4/c1-26-15-10-12-13(11-16(15)27-2)21-19(22-17(12)20)24-7-5-23(6-8-24)18(25)14-4-3-9-28-14/h3-4,9-11H,5-8H2,1-2H3,(H2,20,21,22)/i1D3,2D3/hD2. The van der Waals surface area contributed by atoms with E-state index < -0.39 is 25.6 Å². The Hall–Kier alpha value is -3.49. The highest BCUT2D eigenvalue weighted by atomic mass is 16.5. The molecule has 1 fully saturated rings. The van der Waals surface area contributed by atoms with Gasteiger partial charge in [0.15, 0.2) is 20.1 Å². The molecule has 9 nitrogen and oxygen atoms in total. The second-order valence-electron chi connectivity index (χ2n) is 6.12. The van der Waals surface area contributed by atoms with Crippen LogP contribution in [0.15, 0.2) is 34.9 Å². The average molecular weight is 391 g/mol. The first-order valence-electron chi connectivity index (χ1n) is 12.3. The monoisotopic (exact) mass is 391 g/mol. The summed E-state index contributed by atoms with van der Waals surface area (Å²) in [5.41, 5.74) is 0.332. The number of anilines is 2. The minimum Gasteiger partial charge on any atom is -0.493 e. The van der Waals surface area contributed by atoms with Crippen molar-refractivity contribution in [3.05, 3.63) is 36.3 Å². The molecule has 3 heterocycles. The van der Waals surface area contributed by atoms with E-state index in [0.29, 0.717) is 26.2 Å². The quantitative estimate of drug-likeness (QED) is 0.701. The summed E-state index contributed by atoms with van der Waals surface area (Å²) in [6.45, 7) is 1.35. The van der Waals surface area contributed by atoms with Crippen LogP contribution in [0.2, 0.25) is 2.82 Å². The van der Waals surface area contributed by atoms with Gasteiger partial charge in [-0.05, 0) is 18.2 Å². The molecule has 0 aliphatic carbocycles. The third-order valence-electron chi connectivity index (χ3n) is 4.53. The van der Waals surface area contributed by atoms with Gasteiger partial charge >= 0.3 is 0 Å². The summed E-state index contributed by atoms with van der Waals surface area (Å²) in [7, 11) is -5.83. The van der Waals surface area contributed by atoms with Crippen LogP contribution < -0.4 is 20.1 Å². The number of carbonyl (C=O) groups is 1. The van der Waals surface area contributed by atoms with E-state index in [0.717, 1.165) is 12.1 Å². The summed E-state index contributed by atoms with van der Waals surface area (Å²) < 4.78 is 74.8. The third kappa shape index (κ3) is 3.15. The maximum atomic E-state index is 12.5. The zero-order valence-electron chi connectivity index (χ0n) is 22.6. The molecule has 2 N–H and O–H groups in total. The molecule has 9 heteroatoms. The lowest BCUT2D eigenvalue weighted by Crippen LogP contribution is -2.49. The van der Waals surface area contributed by atoms with Crippen LogP contribution in [0.1, 0.15) is 18.8 Å². The zero-order chi connectivity index (χ0) is 26.3. The van der Waals surface area contributed by atoms with Crippen LogP contribution in [0.3, 0.4) is 0 Å². The van der Waals surface area contributed by atoms with Crippen molar-refractivity contribution in [1.82, 2.24) is 14.9 Å². The highest BCUT2D eigenvalue weighted by molar-refractivity contribution is 5.92. The fraction of sp³-hybridized carbons (Fsp3) is 0.316. The van der Waals surface area contributed by atoms with Gasteiger partial charge in [0.1, 0.15) is 5.82 Å². The number of furan rings is 1. The van der Waals surface area contributed by atoms with Crippen molar-refractivity contribution >= 4 is 28.6 Å². The molecular weight excluding hydrogens is 362 g/mol. The van der Waals surface area contributed by atoms with Gasteiger partial charge in [-0.2, -0.15) is 4.98 Å². The van der Waals surface area contributed by atoms with E-state index in [9.17, 15) is 4.79 Å². The molecule has 1 amide bonds. The molecule has 2 aromatic heterocycles. The van der Waals surface area contributed by atoms with E-state index in [1.54, 1.807) is 21.9 Å². The minimum absolute atomic E-state index is 0.0764. The second kappa shape index (κ2) is 7.26. The Morgan fingerprint density at radius 1 is 1.21 bits per heavy atom. The van der Waals surface area contributed by atoms with Gasteiger partial charge in [-0.25, -0.2) is 4.98 Å². The van der Waals surface area contributed by atoms with E-state index in [4.69, 9.17) is 24.9 Å². The van der Waals surface area contributed by atoms with Crippen molar-refractivity contribution in [2.75, 3.05) is 50.9 Å². The number of methoxy groups -OCH3 is 2. The third-order valence-corrected chi connectivity index (χ3v) is 4.53. The van der Waals surface area contributed by atoms with Crippen LogP contribution in [-0.4, -0.2) is 61.0 Å². The Labute approximate surface area is 173 Å². The summed E-state index contributed by atoms with van der Waals surface area (Å²) in [4.78, 5) is 24.6. The molecule has 28 heavy (non-hydrogen) atoms. The first kappa shape index (κ1) is 10.7.